The molecule has 2 aliphatic rings. The summed E-state index contributed by atoms with van der Waals surface area (Å²) in [6.07, 6.45) is 9.95. The van der Waals surface area contributed by atoms with Gasteiger partial charge in [0.25, 0.3) is 5.56 Å². The number of hydrogen-bond donors (Lipinski definition) is 1. The normalized spacial score (nSPS) is 21.7. The molecule has 0 amide bonds. The molecule has 5 nitrogen and oxygen atoms in total. The fourth-order valence-corrected chi connectivity index (χ4v) is 5.73. The molecule has 0 radical (unpaired) electrons. The van der Waals surface area contributed by atoms with Crippen LogP contribution in [0.2, 0.25) is 0 Å². The molecule has 1 saturated carbocycles. The van der Waals surface area contributed by atoms with Gasteiger partial charge in [-0.2, -0.15) is 0 Å². The molecule has 3 heterocycles. The van der Waals surface area contributed by atoms with Gasteiger partial charge in [-0.25, -0.2) is 4.98 Å². The number of hydrogen-bond acceptors (Lipinski definition) is 5. The fourth-order valence-electron chi connectivity index (χ4n) is 4.74. The van der Waals surface area contributed by atoms with Crippen LogP contribution in [0.5, 0.6) is 0 Å². The molecule has 0 bridgehead atoms. The van der Waals surface area contributed by atoms with Gasteiger partial charge < -0.3 is 10.0 Å². The third-order valence-electron chi connectivity index (χ3n) is 6.65. The Labute approximate surface area is 165 Å². The lowest BCUT2D eigenvalue weighted by Crippen LogP contribution is -2.49. The van der Waals surface area contributed by atoms with Crippen LogP contribution in [0.3, 0.4) is 0 Å². The summed E-state index contributed by atoms with van der Waals surface area (Å²) in [5.41, 5.74) is 0.206. The zero-order valence-electron chi connectivity index (χ0n) is 16.5. The van der Waals surface area contributed by atoms with Crippen molar-refractivity contribution in [3.05, 3.63) is 27.1 Å². The first kappa shape index (κ1) is 19.1. The summed E-state index contributed by atoms with van der Waals surface area (Å²) in [4.78, 5) is 21.8. The Morgan fingerprint density at radius 2 is 1.93 bits per heavy atom. The van der Waals surface area contributed by atoms with Crippen LogP contribution in [-0.4, -0.2) is 44.8 Å². The molecule has 4 rings (SSSR count). The summed E-state index contributed by atoms with van der Waals surface area (Å²) in [7, 11) is 0. The Morgan fingerprint density at radius 3 is 2.63 bits per heavy atom. The number of fused-ring (bicyclic) bond motifs is 1. The van der Waals surface area contributed by atoms with Gasteiger partial charge >= 0.3 is 0 Å². The van der Waals surface area contributed by atoms with Gasteiger partial charge in [0.05, 0.1) is 23.9 Å². The zero-order valence-corrected chi connectivity index (χ0v) is 17.4. The quantitative estimate of drug-likeness (QED) is 0.870. The molecular weight excluding hydrogens is 358 g/mol. The highest BCUT2D eigenvalue weighted by Crippen LogP contribution is 2.29. The standard InChI is InChI=1S/C21H31N3O2S/c1-15-16(2)27-19-18(15)20(25)24(14-22-19)13-21(26)8-10-23(11-9-21)12-17-6-4-3-5-7-17/h14,17,26H,3-13H2,1-2H3. The molecule has 2 aromatic rings. The van der Waals surface area contributed by atoms with Crippen LogP contribution in [0.1, 0.15) is 55.4 Å². The molecule has 0 unspecified atom stereocenters. The van der Waals surface area contributed by atoms with Gasteiger partial charge in [0, 0.05) is 24.5 Å². The van der Waals surface area contributed by atoms with E-state index in [-0.39, 0.29) is 5.56 Å². The monoisotopic (exact) mass is 389 g/mol. The van der Waals surface area contributed by atoms with Crippen molar-refractivity contribution in [2.24, 2.45) is 5.92 Å². The number of aromatic nitrogens is 2. The van der Waals surface area contributed by atoms with Gasteiger partial charge in [-0.1, -0.05) is 19.3 Å². The van der Waals surface area contributed by atoms with E-state index in [1.165, 1.54) is 38.6 Å². The van der Waals surface area contributed by atoms with Crippen molar-refractivity contribution in [2.75, 3.05) is 19.6 Å². The molecule has 2 fully saturated rings. The number of aliphatic hydroxyl groups is 1. The van der Waals surface area contributed by atoms with Gasteiger partial charge in [0.1, 0.15) is 4.83 Å². The van der Waals surface area contributed by atoms with Crippen LogP contribution in [0.4, 0.5) is 0 Å². The van der Waals surface area contributed by atoms with E-state index in [1.54, 1.807) is 22.2 Å². The number of likely N-dealkylation sites (tertiary alicyclic amines) is 1. The highest BCUT2D eigenvalue weighted by Gasteiger charge is 2.34. The van der Waals surface area contributed by atoms with Crippen LogP contribution >= 0.6 is 11.3 Å². The number of nitrogens with zero attached hydrogens (tertiary/aromatic N) is 3. The van der Waals surface area contributed by atoms with Gasteiger partial charge in [0.15, 0.2) is 0 Å². The highest BCUT2D eigenvalue weighted by molar-refractivity contribution is 7.18. The molecule has 1 aliphatic heterocycles. The zero-order chi connectivity index (χ0) is 19.0. The van der Waals surface area contributed by atoms with Crippen LogP contribution < -0.4 is 5.56 Å². The number of rotatable bonds is 4. The Balaban J connectivity index is 1.42. The smallest absolute Gasteiger partial charge is 0.262 e. The number of aryl methyl sites for hydroxylation is 2. The SMILES string of the molecule is Cc1sc2ncn(CC3(O)CCN(CC4CCCCC4)CC3)c(=O)c2c1C. The topological polar surface area (TPSA) is 58.4 Å². The average Bonchev–Trinajstić information content (AvgIpc) is 2.95. The molecule has 1 saturated heterocycles. The van der Waals surface area contributed by atoms with Crippen molar-refractivity contribution in [1.29, 1.82) is 0 Å². The van der Waals surface area contributed by atoms with E-state index in [0.29, 0.717) is 6.54 Å². The lowest BCUT2D eigenvalue weighted by Gasteiger charge is -2.40. The predicted octanol–water partition coefficient (Wildman–Crippen LogP) is 3.48. The maximum atomic E-state index is 12.9. The van der Waals surface area contributed by atoms with Crippen molar-refractivity contribution >= 4 is 21.6 Å². The summed E-state index contributed by atoms with van der Waals surface area (Å²) in [6.45, 7) is 7.39. The molecule has 0 atom stereocenters. The molecule has 27 heavy (non-hydrogen) atoms. The number of thiophene rings is 1. The van der Waals surface area contributed by atoms with E-state index in [9.17, 15) is 9.90 Å². The van der Waals surface area contributed by atoms with E-state index in [4.69, 9.17) is 0 Å². The highest BCUT2D eigenvalue weighted by atomic mass is 32.1. The second-order valence-corrected chi connectivity index (χ2v) is 9.87. The van der Waals surface area contributed by atoms with Crippen molar-refractivity contribution in [1.82, 2.24) is 14.5 Å². The summed E-state index contributed by atoms with van der Waals surface area (Å²) in [5, 5.41) is 11.8. The first-order chi connectivity index (χ1) is 13.0. The maximum absolute atomic E-state index is 12.9. The van der Waals surface area contributed by atoms with Gasteiger partial charge in [0.2, 0.25) is 0 Å². The van der Waals surface area contributed by atoms with E-state index >= 15 is 0 Å². The summed E-state index contributed by atoms with van der Waals surface area (Å²) in [6, 6.07) is 0. The third kappa shape index (κ3) is 3.98. The van der Waals surface area contributed by atoms with E-state index in [2.05, 4.69) is 9.88 Å². The second kappa shape index (κ2) is 7.64. The molecule has 6 heteroatoms. The molecule has 0 spiro atoms. The molecule has 1 N–H and O–H groups in total. The average molecular weight is 390 g/mol. The van der Waals surface area contributed by atoms with Gasteiger partial charge in [-0.3, -0.25) is 9.36 Å². The van der Waals surface area contributed by atoms with E-state index in [1.807, 2.05) is 13.8 Å². The largest absolute Gasteiger partial charge is 0.388 e. The molecule has 148 valence electrons. The first-order valence-corrected chi connectivity index (χ1v) is 11.2. The van der Waals surface area contributed by atoms with Crippen LogP contribution in [-0.2, 0) is 6.54 Å². The fraction of sp³-hybridized carbons (Fsp3) is 0.714. The lowest BCUT2D eigenvalue weighted by molar-refractivity contribution is -0.0382. The molecule has 1 aliphatic carbocycles. The van der Waals surface area contributed by atoms with Crippen molar-refractivity contribution in [2.45, 2.75) is 70.9 Å². The minimum atomic E-state index is -0.804. The third-order valence-corrected chi connectivity index (χ3v) is 7.76. The minimum Gasteiger partial charge on any atom is -0.388 e. The second-order valence-electron chi connectivity index (χ2n) is 8.67. The summed E-state index contributed by atoms with van der Waals surface area (Å²) >= 11 is 1.57. The van der Waals surface area contributed by atoms with Crippen LogP contribution in [0, 0.1) is 19.8 Å². The first-order valence-electron chi connectivity index (χ1n) is 10.3. The molecule has 0 aromatic carbocycles. The van der Waals surface area contributed by atoms with Gasteiger partial charge in [-0.05, 0) is 51.0 Å². The van der Waals surface area contributed by atoms with Crippen molar-refractivity contribution < 1.29 is 5.11 Å². The Kier molecular flexibility index (Phi) is 5.41. The summed E-state index contributed by atoms with van der Waals surface area (Å²) in [5.74, 6) is 0.837. The van der Waals surface area contributed by atoms with E-state index < -0.39 is 5.60 Å². The van der Waals surface area contributed by atoms with Crippen molar-refractivity contribution in [3.63, 3.8) is 0 Å². The maximum Gasteiger partial charge on any atom is 0.262 e. The van der Waals surface area contributed by atoms with Crippen LogP contribution in [0.25, 0.3) is 10.2 Å². The molecular formula is C21H31N3O2S. The predicted molar refractivity (Wildman–Crippen MR) is 111 cm³/mol. The lowest BCUT2D eigenvalue weighted by atomic mass is 9.87. The Bertz CT molecular complexity index is 858. The van der Waals surface area contributed by atoms with E-state index in [0.717, 1.165) is 52.5 Å². The minimum absolute atomic E-state index is 0.0140. The van der Waals surface area contributed by atoms with Crippen LogP contribution in [0.15, 0.2) is 11.1 Å². The Morgan fingerprint density at radius 1 is 1.22 bits per heavy atom. The number of piperidine rings is 1. The Hall–Kier alpha value is -1.24. The molecule has 2 aromatic heterocycles. The summed E-state index contributed by atoms with van der Waals surface area (Å²) < 4.78 is 1.62. The van der Waals surface area contributed by atoms with Gasteiger partial charge in [-0.15, -0.1) is 11.3 Å². The van der Waals surface area contributed by atoms with Crippen molar-refractivity contribution in [3.8, 4) is 0 Å².